The van der Waals surface area contributed by atoms with Crippen molar-refractivity contribution in [2.75, 3.05) is 5.32 Å². The SMILES string of the molecule is CC1Nc2cc(Br)ccc2OC1c1cccs1. The summed E-state index contributed by atoms with van der Waals surface area (Å²) in [6, 6.07) is 10.5. The second-order valence-corrected chi connectivity index (χ2v) is 6.02. The van der Waals surface area contributed by atoms with Crippen molar-refractivity contribution in [3.63, 3.8) is 0 Å². The van der Waals surface area contributed by atoms with Gasteiger partial charge in [-0.15, -0.1) is 11.3 Å². The van der Waals surface area contributed by atoms with E-state index in [1.54, 1.807) is 11.3 Å². The molecule has 2 atom stereocenters. The maximum absolute atomic E-state index is 6.07. The lowest BCUT2D eigenvalue weighted by Gasteiger charge is -2.32. The Kier molecular flexibility index (Phi) is 2.84. The summed E-state index contributed by atoms with van der Waals surface area (Å²) < 4.78 is 7.13. The summed E-state index contributed by atoms with van der Waals surface area (Å²) >= 11 is 5.21. The molecule has 0 saturated heterocycles. The number of benzene rings is 1. The quantitative estimate of drug-likeness (QED) is 0.840. The fraction of sp³-hybridized carbons (Fsp3) is 0.231. The topological polar surface area (TPSA) is 21.3 Å². The normalized spacial score (nSPS) is 22.5. The maximum Gasteiger partial charge on any atom is 0.153 e. The van der Waals surface area contributed by atoms with Gasteiger partial charge in [-0.05, 0) is 36.6 Å². The second-order valence-electron chi connectivity index (χ2n) is 4.13. The lowest BCUT2D eigenvalue weighted by molar-refractivity contribution is 0.181. The van der Waals surface area contributed by atoms with E-state index >= 15 is 0 Å². The van der Waals surface area contributed by atoms with Crippen molar-refractivity contribution in [2.45, 2.75) is 19.1 Å². The van der Waals surface area contributed by atoms with Crippen LogP contribution in [0, 0.1) is 0 Å². The van der Waals surface area contributed by atoms with Gasteiger partial charge < -0.3 is 10.1 Å². The minimum atomic E-state index is 0.101. The van der Waals surface area contributed by atoms with Gasteiger partial charge in [0.25, 0.3) is 0 Å². The van der Waals surface area contributed by atoms with Gasteiger partial charge in [0.2, 0.25) is 0 Å². The third-order valence-electron chi connectivity index (χ3n) is 2.86. The van der Waals surface area contributed by atoms with Crippen molar-refractivity contribution in [1.82, 2.24) is 0 Å². The van der Waals surface area contributed by atoms with Crippen molar-refractivity contribution in [3.8, 4) is 5.75 Å². The molecule has 1 N–H and O–H groups in total. The third kappa shape index (κ3) is 2.07. The lowest BCUT2D eigenvalue weighted by atomic mass is 10.1. The average Bonchev–Trinajstić information content (AvgIpc) is 2.81. The molecule has 2 heterocycles. The number of fused-ring (bicyclic) bond motifs is 1. The zero-order valence-corrected chi connectivity index (χ0v) is 11.7. The van der Waals surface area contributed by atoms with Crippen LogP contribution in [0.2, 0.25) is 0 Å². The van der Waals surface area contributed by atoms with E-state index in [0.717, 1.165) is 15.9 Å². The van der Waals surface area contributed by atoms with Crippen LogP contribution in [-0.2, 0) is 0 Å². The second kappa shape index (κ2) is 4.35. The first kappa shape index (κ1) is 11.1. The van der Waals surface area contributed by atoms with Crippen LogP contribution < -0.4 is 10.1 Å². The average molecular weight is 310 g/mol. The Morgan fingerprint density at radius 1 is 1.35 bits per heavy atom. The summed E-state index contributed by atoms with van der Waals surface area (Å²) in [6.07, 6.45) is 0.101. The Hall–Kier alpha value is -1.00. The molecule has 17 heavy (non-hydrogen) atoms. The Bertz CT molecular complexity index is 526. The molecule has 3 rings (SSSR count). The highest BCUT2D eigenvalue weighted by atomic mass is 79.9. The van der Waals surface area contributed by atoms with Crippen LogP contribution in [-0.4, -0.2) is 6.04 Å². The van der Waals surface area contributed by atoms with Gasteiger partial charge >= 0.3 is 0 Å². The number of anilines is 1. The number of ether oxygens (including phenoxy) is 1. The van der Waals surface area contributed by atoms with Crippen molar-refractivity contribution in [2.24, 2.45) is 0 Å². The van der Waals surface area contributed by atoms with Gasteiger partial charge in [-0.3, -0.25) is 0 Å². The Labute approximate surface area is 113 Å². The molecule has 1 aliphatic rings. The minimum Gasteiger partial charge on any atom is -0.481 e. The number of rotatable bonds is 1. The van der Waals surface area contributed by atoms with Crippen molar-refractivity contribution >= 4 is 33.0 Å². The molecule has 0 spiro atoms. The van der Waals surface area contributed by atoms with Crippen LogP contribution >= 0.6 is 27.3 Å². The molecule has 0 bridgehead atoms. The highest BCUT2D eigenvalue weighted by Crippen LogP contribution is 2.39. The Morgan fingerprint density at radius 2 is 2.24 bits per heavy atom. The monoisotopic (exact) mass is 309 g/mol. The molecule has 2 aromatic rings. The molecule has 1 aliphatic heterocycles. The van der Waals surface area contributed by atoms with Gasteiger partial charge in [-0.25, -0.2) is 0 Å². The summed E-state index contributed by atoms with van der Waals surface area (Å²) in [6.45, 7) is 2.15. The van der Waals surface area contributed by atoms with Gasteiger partial charge in [0, 0.05) is 9.35 Å². The van der Waals surface area contributed by atoms with E-state index in [-0.39, 0.29) is 12.1 Å². The number of hydrogen-bond donors (Lipinski definition) is 1. The molecule has 4 heteroatoms. The summed E-state index contributed by atoms with van der Waals surface area (Å²) in [5.74, 6) is 0.921. The third-order valence-corrected chi connectivity index (χ3v) is 4.28. The molecule has 2 unspecified atom stereocenters. The predicted molar refractivity (Wildman–Crippen MR) is 74.9 cm³/mol. The van der Waals surface area contributed by atoms with Crippen molar-refractivity contribution in [1.29, 1.82) is 0 Å². The Morgan fingerprint density at radius 3 is 3.00 bits per heavy atom. The van der Waals surface area contributed by atoms with E-state index in [1.807, 2.05) is 12.1 Å². The van der Waals surface area contributed by atoms with Crippen LogP contribution in [0.5, 0.6) is 5.75 Å². The maximum atomic E-state index is 6.07. The summed E-state index contributed by atoms with van der Waals surface area (Å²) in [7, 11) is 0. The van der Waals surface area contributed by atoms with Gasteiger partial charge in [0.15, 0.2) is 6.10 Å². The van der Waals surface area contributed by atoms with Crippen LogP contribution in [0.15, 0.2) is 40.2 Å². The number of thiophene rings is 1. The van der Waals surface area contributed by atoms with Gasteiger partial charge in [0.05, 0.1) is 11.7 Å². The zero-order chi connectivity index (χ0) is 11.8. The van der Waals surface area contributed by atoms with E-state index in [4.69, 9.17) is 4.74 Å². The molecule has 1 aromatic carbocycles. The standard InChI is InChI=1S/C13H12BrNOS/c1-8-13(12-3-2-6-17-12)16-11-5-4-9(14)7-10(11)15-8/h2-8,13,15H,1H3. The molecule has 0 aliphatic carbocycles. The molecule has 0 radical (unpaired) electrons. The number of nitrogens with one attached hydrogen (secondary N) is 1. The molecule has 88 valence electrons. The molecule has 1 aromatic heterocycles. The fourth-order valence-electron chi connectivity index (χ4n) is 2.04. The van der Waals surface area contributed by atoms with Crippen LogP contribution in [0.1, 0.15) is 17.9 Å². The highest BCUT2D eigenvalue weighted by Gasteiger charge is 2.28. The van der Waals surface area contributed by atoms with Crippen LogP contribution in [0.4, 0.5) is 5.69 Å². The van der Waals surface area contributed by atoms with E-state index in [0.29, 0.717) is 0 Å². The van der Waals surface area contributed by atoms with Gasteiger partial charge in [0.1, 0.15) is 5.75 Å². The molecule has 0 saturated carbocycles. The molecule has 0 amide bonds. The van der Waals surface area contributed by atoms with Crippen molar-refractivity contribution in [3.05, 3.63) is 45.1 Å². The smallest absolute Gasteiger partial charge is 0.153 e. The lowest BCUT2D eigenvalue weighted by Crippen LogP contribution is -2.32. The predicted octanol–water partition coefficient (Wildman–Crippen LogP) is 4.44. The highest BCUT2D eigenvalue weighted by molar-refractivity contribution is 9.10. The fourth-order valence-corrected chi connectivity index (χ4v) is 3.25. The Balaban J connectivity index is 1.95. The summed E-state index contributed by atoms with van der Waals surface area (Å²) in [5.41, 5.74) is 1.06. The number of halogens is 1. The van der Waals surface area contributed by atoms with Gasteiger partial charge in [-0.1, -0.05) is 22.0 Å². The van der Waals surface area contributed by atoms with Crippen LogP contribution in [0.3, 0.4) is 0 Å². The summed E-state index contributed by atoms with van der Waals surface area (Å²) in [5, 5.41) is 5.58. The zero-order valence-electron chi connectivity index (χ0n) is 9.31. The first-order chi connectivity index (χ1) is 8.24. The van der Waals surface area contributed by atoms with E-state index in [1.165, 1.54) is 4.88 Å². The van der Waals surface area contributed by atoms with Gasteiger partial charge in [-0.2, -0.15) is 0 Å². The van der Waals surface area contributed by atoms with Crippen LogP contribution in [0.25, 0.3) is 0 Å². The molecular weight excluding hydrogens is 298 g/mol. The first-order valence-corrected chi connectivity index (χ1v) is 7.17. The molecule has 0 fully saturated rings. The summed E-state index contributed by atoms with van der Waals surface area (Å²) in [4.78, 5) is 1.26. The van der Waals surface area contributed by atoms with E-state index in [2.05, 4.69) is 51.7 Å². The first-order valence-electron chi connectivity index (χ1n) is 5.50. The number of hydrogen-bond acceptors (Lipinski definition) is 3. The minimum absolute atomic E-state index is 0.101. The van der Waals surface area contributed by atoms with Crippen molar-refractivity contribution < 1.29 is 4.74 Å². The van der Waals surface area contributed by atoms with E-state index < -0.39 is 0 Å². The molecular formula is C13H12BrNOS. The molecule has 2 nitrogen and oxygen atoms in total. The van der Waals surface area contributed by atoms with E-state index in [9.17, 15) is 0 Å². The largest absolute Gasteiger partial charge is 0.481 e.